The van der Waals surface area contributed by atoms with Crippen LogP contribution in [-0.4, -0.2) is 59.6 Å². The highest BCUT2D eigenvalue weighted by Crippen LogP contribution is 2.09. The Morgan fingerprint density at radius 2 is 1.91 bits per heavy atom. The molecule has 0 atom stereocenters. The number of carbonyl (C=O) groups excluding carboxylic acids is 2. The van der Waals surface area contributed by atoms with Gasteiger partial charge in [-0.25, -0.2) is 4.79 Å². The molecule has 6 nitrogen and oxygen atoms in total. The average Bonchev–Trinajstić information content (AvgIpc) is 2.78. The van der Waals surface area contributed by atoms with Crippen LogP contribution in [0, 0.1) is 5.92 Å². The van der Waals surface area contributed by atoms with Crippen LogP contribution >= 0.6 is 0 Å². The second-order valence-corrected chi connectivity index (χ2v) is 5.82. The molecule has 0 bridgehead atoms. The van der Waals surface area contributed by atoms with Crippen molar-refractivity contribution in [1.29, 1.82) is 0 Å². The van der Waals surface area contributed by atoms with Crippen LogP contribution in [0.1, 0.15) is 30.8 Å². The number of ether oxygens (including phenoxy) is 1. The van der Waals surface area contributed by atoms with Gasteiger partial charge in [-0.05, 0) is 24.5 Å². The van der Waals surface area contributed by atoms with E-state index in [9.17, 15) is 9.59 Å². The van der Waals surface area contributed by atoms with Crippen LogP contribution in [-0.2, 0) is 4.74 Å². The minimum Gasteiger partial charge on any atom is -0.449 e. The third kappa shape index (κ3) is 4.44. The summed E-state index contributed by atoms with van der Waals surface area (Å²) in [6, 6.07) is 5.29. The number of hydrogen-bond donors (Lipinski definition) is 0. The third-order valence-electron chi connectivity index (χ3n) is 3.47. The highest BCUT2D eigenvalue weighted by Gasteiger charge is 2.24. The number of aromatic nitrogens is 1. The van der Waals surface area contributed by atoms with Crippen molar-refractivity contribution in [2.45, 2.75) is 20.3 Å². The highest BCUT2D eigenvalue weighted by atomic mass is 16.6. The van der Waals surface area contributed by atoms with E-state index in [1.807, 2.05) is 13.8 Å². The number of pyridine rings is 1. The fourth-order valence-corrected chi connectivity index (χ4v) is 2.28. The first-order chi connectivity index (χ1) is 10.6. The molecule has 0 unspecified atom stereocenters. The molecule has 1 fully saturated rings. The van der Waals surface area contributed by atoms with Gasteiger partial charge in [-0.3, -0.25) is 9.78 Å². The summed E-state index contributed by atoms with van der Waals surface area (Å²) < 4.78 is 5.25. The minimum absolute atomic E-state index is 0.0852. The van der Waals surface area contributed by atoms with E-state index < -0.39 is 0 Å². The molecule has 0 radical (unpaired) electrons. The van der Waals surface area contributed by atoms with E-state index >= 15 is 0 Å². The molecule has 1 aliphatic rings. The molecule has 22 heavy (non-hydrogen) atoms. The molecule has 1 saturated heterocycles. The molecular formula is C16H23N3O3. The summed E-state index contributed by atoms with van der Waals surface area (Å²) in [4.78, 5) is 31.9. The highest BCUT2D eigenvalue weighted by molar-refractivity contribution is 5.92. The van der Waals surface area contributed by atoms with Crippen LogP contribution in [0.3, 0.4) is 0 Å². The molecule has 0 spiro atoms. The van der Waals surface area contributed by atoms with Gasteiger partial charge in [0.05, 0.1) is 6.61 Å². The lowest BCUT2D eigenvalue weighted by Gasteiger charge is -2.22. The minimum atomic E-state index is -0.291. The van der Waals surface area contributed by atoms with E-state index in [1.165, 1.54) is 0 Å². The van der Waals surface area contributed by atoms with Gasteiger partial charge < -0.3 is 14.5 Å². The Morgan fingerprint density at radius 1 is 1.18 bits per heavy atom. The van der Waals surface area contributed by atoms with E-state index in [4.69, 9.17) is 4.74 Å². The Kier molecular flexibility index (Phi) is 5.75. The number of hydrogen-bond acceptors (Lipinski definition) is 4. The summed E-state index contributed by atoms with van der Waals surface area (Å²) in [6.07, 6.45) is 2.07. The van der Waals surface area contributed by atoms with Gasteiger partial charge in [0.25, 0.3) is 5.91 Å². The zero-order valence-electron chi connectivity index (χ0n) is 13.2. The van der Waals surface area contributed by atoms with Crippen molar-refractivity contribution in [3.63, 3.8) is 0 Å². The summed E-state index contributed by atoms with van der Waals surface area (Å²) in [5, 5.41) is 0. The summed E-state index contributed by atoms with van der Waals surface area (Å²) in [6.45, 7) is 6.67. The van der Waals surface area contributed by atoms with Crippen molar-refractivity contribution >= 4 is 12.0 Å². The van der Waals surface area contributed by atoms with Crippen molar-refractivity contribution in [2.75, 3.05) is 32.8 Å². The Bertz CT molecular complexity index is 505. The second kappa shape index (κ2) is 7.77. The average molecular weight is 305 g/mol. The molecule has 2 rings (SSSR count). The topological polar surface area (TPSA) is 62.7 Å². The Balaban J connectivity index is 1.89. The predicted molar refractivity (Wildman–Crippen MR) is 82.5 cm³/mol. The maximum absolute atomic E-state index is 12.4. The van der Waals surface area contributed by atoms with Gasteiger partial charge in [0.1, 0.15) is 5.69 Å². The molecule has 0 aromatic carbocycles. The molecule has 120 valence electrons. The maximum Gasteiger partial charge on any atom is 0.409 e. The quantitative estimate of drug-likeness (QED) is 0.857. The summed E-state index contributed by atoms with van der Waals surface area (Å²) in [5.74, 6) is 0.233. The molecule has 2 amide bonds. The third-order valence-corrected chi connectivity index (χ3v) is 3.47. The maximum atomic E-state index is 12.4. The van der Waals surface area contributed by atoms with Gasteiger partial charge in [-0.15, -0.1) is 0 Å². The lowest BCUT2D eigenvalue weighted by molar-refractivity contribution is 0.0741. The van der Waals surface area contributed by atoms with E-state index in [1.54, 1.807) is 34.2 Å². The van der Waals surface area contributed by atoms with Gasteiger partial charge >= 0.3 is 6.09 Å². The fourth-order valence-electron chi connectivity index (χ4n) is 2.28. The number of rotatable bonds is 3. The molecular weight excluding hydrogens is 282 g/mol. The van der Waals surface area contributed by atoms with Crippen LogP contribution in [0.2, 0.25) is 0 Å². The monoisotopic (exact) mass is 305 g/mol. The van der Waals surface area contributed by atoms with Crippen LogP contribution in [0.4, 0.5) is 4.79 Å². The fraction of sp³-hybridized carbons (Fsp3) is 0.562. The summed E-state index contributed by atoms with van der Waals surface area (Å²) in [7, 11) is 0. The Morgan fingerprint density at radius 3 is 2.59 bits per heavy atom. The zero-order valence-corrected chi connectivity index (χ0v) is 13.2. The van der Waals surface area contributed by atoms with Crippen LogP contribution in [0.15, 0.2) is 24.4 Å². The van der Waals surface area contributed by atoms with Gasteiger partial charge in [-0.1, -0.05) is 19.9 Å². The van der Waals surface area contributed by atoms with E-state index in [2.05, 4.69) is 4.98 Å². The van der Waals surface area contributed by atoms with Crippen LogP contribution in [0.25, 0.3) is 0 Å². The first kappa shape index (κ1) is 16.3. The first-order valence-corrected chi connectivity index (χ1v) is 7.70. The van der Waals surface area contributed by atoms with Crippen LogP contribution in [0.5, 0.6) is 0 Å². The normalized spacial score (nSPS) is 15.6. The SMILES string of the molecule is CC(C)COC(=O)N1CCCN(C(=O)c2ccccn2)CC1. The molecule has 1 aliphatic heterocycles. The van der Waals surface area contributed by atoms with Gasteiger partial charge in [0, 0.05) is 32.4 Å². The van der Waals surface area contributed by atoms with E-state index in [-0.39, 0.29) is 12.0 Å². The smallest absolute Gasteiger partial charge is 0.409 e. The molecule has 1 aromatic rings. The molecule has 2 heterocycles. The van der Waals surface area contributed by atoms with E-state index in [0.29, 0.717) is 44.4 Å². The molecule has 6 heteroatoms. The van der Waals surface area contributed by atoms with Crippen molar-refractivity contribution < 1.29 is 14.3 Å². The van der Waals surface area contributed by atoms with Gasteiger partial charge in [0.2, 0.25) is 0 Å². The van der Waals surface area contributed by atoms with Crippen molar-refractivity contribution in [3.05, 3.63) is 30.1 Å². The number of carbonyl (C=O) groups is 2. The Hall–Kier alpha value is -2.11. The largest absolute Gasteiger partial charge is 0.449 e. The number of nitrogens with zero attached hydrogens (tertiary/aromatic N) is 3. The first-order valence-electron chi connectivity index (χ1n) is 7.70. The predicted octanol–water partition coefficient (Wildman–Crippen LogP) is 2.02. The number of amides is 2. The van der Waals surface area contributed by atoms with Crippen molar-refractivity contribution in [1.82, 2.24) is 14.8 Å². The van der Waals surface area contributed by atoms with Gasteiger partial charge in [0.15, 0.2) is 0 Å². The zero-order chi connectivity index (χ0) is 15.9. The second-order valence-electron chi connectivity index (χ2n) is 5.82. The van der Waals surface area contributed by atoms with Crippen molar-refractivity contribution in [3.8, 4) is 0 Å². The summed E-state index contributed by atoms with van der Waals surface area (Å²) >= 11 is 0. The lowest BCUT2D eigenvalue weighted by Crippen LogP contribution is -2.38. The Labute approximate surface area is 131 Å². The van der Waals surface area contributed by atoms with E-state index in [0.717, 1.165) is 6.42 Å². The van der Waals surface area contributed by atoms with Crippen molar-refractivity contribution in [2.24, 2.45) is 5.92 Å². The molecule has 0 aliphatic carbocycles. The molecule has 1 aromatic heterocycles. The standard InChI is InChI=1S/C16H23N3O3/c1-13(2)12-22-16(21)19-9-5-8-18(10-11-19)15(20)14-6-3-4-7-17-14/h3-4,6-7,13H,5,8-12H2,1-2H3. The van der Waals surface area contributed by atoms with Crippen LogP contribution < -0.4 is 0 Å². The molecule has 0 saturated carbocycles. The lowest BCUT2D eigenvalue weighted by atomic mass is 10.2. The van der Waals surface area contributed by atoms with Gasteiger partial charge in [-0.2, -0.15) is 0 Å². The summed E-state index contributed by atoms with van der Waals surface area (Å²) in [5.41, 5.74) is 0.443. The molecule has 0 N–H and O–H groups in total.